The van der Waals surface area contributed by atoms with E-state index in [4.69, 9.17) is 0 Å². The minimum absolute atomic E-state index is 0.0734. The second kappa shape index (κ2) is 7.66. The molecule has 148 valence electrons. The lowest BCUT2D eigenvalue weighted by Crippen LogP contribution is -2.29. The molecule has 1 atom stereocenters. The monoisotopic (exact) mass is 390 g/mol. The molecule has 4 nitrogen and oxygen atoms in total. The SMILES string of the molecule is CCc1cccc(C)c1N1CC(C(=O)Nc2ccc(C(F)(F)F)cc2)CC1=O. The quantitative estimate of drug-likeness (QED) is 0.832. The Hall–Kier alpha value is -2.83. The standard InChI is InChI=1S/C21H21F3N2O2/c1-3-14-6-4-5-13(2)19(14)26-12-15(11-18(26)27)20(28)25-17-9-7-16(8-10-17)21(22,23)24/h4-10,15H,3,11-12H2,1-2H3,(H,25,28). The number of alkyl halides is 3. The molecular formula is C21H21F3N2O2. The first-order valence-electron chi connectivity index (χ1n) is 9.07. The van der Waals surface area contributed by atoms with Crippen molar-refractivity contribution in [2.24, 2.45) is 5.92 Å². The normalized spacial score (nSPS) is 17.1. The molecule has 2 amide bonds. The number of anilines is 2. The Morgan fingerprint density at radius 2 is 1.86 bits per heavy atom. The van der Waals surface area contributed by atoms with E-state index in [1.54, 1.807) is 4.90 Å². The van der Waals surface area contributed by atoms with Gasteiger partial charge in [-0.05, 0) is 48.7 Å². The third-order valence-electron chi connectivity index (χ3n) is 4.95. The summed E-state index contributed by atoms with van der Waals surface area (Å²) in [6.45, 7) is 4.19. The van der Waals surface area contributed by atoms with Crippen LogP contribution in [0.25, 0.3) is 0 Å². The molecule has 2 aromatic rings. The largest absolute Gasteiger partial charge is 0.416 e. The van der Waals surface area contributed by atoms with Gasteiger partial charge < -0.3 is 10.2 Å². The van der Waals surface area contributed by atoms with Gasteiger partial charge in [0, 0.05) is 24.3 Å². The molecule has 0 aliphatic carbocycles. The molecule has 0 spiro atoms. The van der Waals surface area contributed by atoms with Gasteiger partial charge in [-0.15, -0.1) is 0 Å². The fraction of sp³-hybridized carbons (Fsp3) is 0.333. The fourth-order valence-corrected chi connectivity index (χ4v) is 3.48. The van der Waals surface area contributed by atoms with E-state index in [0.717, 1.165) is 35.4 Å². The number of benzene rings is 2. The molecule has 1 N–H and O–H groups in total. The van der Waals surface area contributed by atoms with E-state index in [-0.39, 0.29) is 30.5 Å². The number of nitrogens with one attached hydrogen (secondary N) is 1. The summed E-state index contributed by atoms with van der Waals surface area (Å²) >= 11 is 0. The van der Waals surface area contributed by atoms with Crippen LogP contribution in [0.2, 0.25) is 0 Å². The summed E-state index contributed by atoms with van der Waals surface area (Å²) in [5.74, 6) is -1.06. The van der Waals surface area contributed by atoms with Crippen molar-refractivity contribution in [2.45, 2.75) is 32.9 Å². The van der Waals surface area contributed by atoms with E-state index in [9.17, 15) is 22.8 Å². The van der Waals surface area contributed by atoms with E-state index in [0.29, 0.717) is 0 Å². The van der Waals surface area contributed by atoms with E-state index < -0.39 is 17.7 Å². The number of nitrogens with zero attached hydrogens (tertiary/aromatic N) is 1. The molecule has 1 saturated heterocycles. The molecule has 0 radical (unpaired) electrons. The van der Waals surface area contributed by atoms with Crippen molar-refractivity contribution in [3.63, 3.8) is 0 Å². The van der Waals surface area contributed by atoms with Crippen LogP contribution in [0.5, 0.6) is 0 Å². The average molecular weight is 390 g/mol. The van der Waals surface area contributed by atoms with Crippen molar-refractivity contribution in [2.75, 3.05) is 16.8 Å². The highest BCUT2D eigenvalue weighted by Gasteiger charge is 2.36. The Bertz CT molecular complexity index is 892. The molecule has 1 aliphatic heterocycles. The number of hydrogen-bond acceptors (Lipinski definition) is 2. The second-order valence-corrected chi connectivity index (χ2v) is 6.91. The molecule has 2 aromatic carbocycles. The summed E-state index contributed by atoms with van der Waals surface area (Å²) in [5, 5.41) is 2.61. The topological polar surface area (TPSA) is 49.4 Å². The fourth-order valence-electron chi connectivity index (χ4n) is 3.48. The van der Waals surface area contributed by atoms with Crippen molar-refractivity contribution < 1.29 is 22.8 Å². The first-order valence-corrected chi connectivity index (χ1v) is 9.07. The molecule has 0 bridgehead atoms. The van der Waals surface area contributed by atoms with E-state index in [1.165, 1.54) is 12.1 Å². The lowest BCUT2D eigenvalue weighted by atomic mass is 10.0. The van der Waals surface area contributed by atoms with Crippen LogP contribution in [0.4, 0.5) is 24.5 Å². The number of halogens is 3. The Morgan fingerprint density at radius 3 is 2.46 bits per heavy atom. The van der Waals surface area contributed by atoms with E-state index >= 15 is 0 Å². The molecule has 1 heterocycles. The molecule has 0 saturated carbocycles. The summed E-state index contributed by atoms with van der Waals surface area (Å²) in [7, 11) is 0. The van der Waals surface area contributed by atoms with E-state index in [1.807, 2.05) is 32.0 Å². The Kier molecular flexibility index (Phi) is 5.45. The van der Waals surface area contributed by atoms with Crippen LogP contribution in [0.15, 0.2) is 42.5 Å². The van der Waals surface area contributed by atoms with Gasteiger partial charge in [-0.3, -0.25) is 9.59 Å². The molecule has 7 heteroatoms. The molecule has 1 unspecified atom stereocenters. The summed E-state index contributed by atoms with van der Waals surface area (Å²) in [6.07, 6.45) is -3.58. The highest BCUT2D eigenvalue weighted by atomic mass is 19.4. The average Bonchev–Trinajstić information content (AvgIpc) is 3.02. The van der Waals surface area contributed by atoms with Crippen LogP contribution in [0, 0.1) is 12.8 Å². The van der Waals surface area contributed by atoms with Crippen LogP contribution >= 0.6 is 0 Å². The maximum Gasteiger partial charge on any atom is 0.416 e. The summed E-state index contributed by atoms with van der Waals surface area (Å²) in [6, 6.07) is 10.1. The number of hydrogen-bond donors (Lipinski definition) is 1. The van der Waals surface area contributed by atoms with Gasteiger partial charge in [0.05, 0.1) is 11.5 Å². The molecule has 3 rings (SSSR count). The minimum Gasteiger partial charge on any atom is -0.326 e. The predicted molar refractivity (Wildman–Crippen MR) is 101 cm³/mol. The number of carbonyl (C=O) groups is 2. The lowest BCUT2D eigenvalue weighted by molar-refractivity contribution is -0.137. The number of para-hydroxylation sites is 1. The maximum absolute atomic E-state index is 12.6. The van der Waals surface area contributed by atoms with Gasteiger partial charge in [0.1, 0.15) is 0 Å². The smallest absolute Gasteiger partial charge is 0.326 e. The van der Waals surface area contributed by atoms with Gasteiger partial charge in [-0.25, -0.2) is 0 Å². The number of carbonyl (C=O) groups excluding carboxylic acids is 2. The summed E-state index contributed by atoms with van der Waals surface area (Å²) in [5.41, 5.74) is 2.35. The van der Waals surface area contributed by atoms with Gasteiger partial charge in [0.2, 0.25) is 11.8 Å². The van der Waals surface area contributed by atoms with Crippen molar-refractivity contribution in [3.8, 4) is 0 Å². The van der Waals surface area contributed by atoms with Crippen molar-refractivity contribution >= 4 is 23.2 Å². The third kappa shape index (κ3) is 4.03. The van der Waals surface area contributed by atoms with Crippen molar-refractivity contribution in [1.82, 2.24) is 0 Å². The van der Waals surface area contributed by atoms with Crippen LogP contribution in [0.3, 0.4) is 0 Å². The molecule has 28 heavy (non-hydrogen) atoms. The maximum atomic E-state index is 12.6. The summed E-state index contributed by atoms with van der Waals surface area (Å²) in [4.78, 5) is 26.7. The molecule has 1 aliphatic rings. The van der Waals surface area contributed by atoms with E-state index in [2.05, 4.69) is 5.32 Å². The van der Waals surface area contributed by atoms with Crippen LogP contribution < -0.4 is 10.2 Å². The van der Waals surface area contributed by atoms with Crippen molar-refractivity contribution in [1.29, 1.82) is 0 Å². The Balaban J connectivity index is 1.72. The number of amides is 2. The zero-order valence-electron chi connectivity index (χ0n) is 15.6. The van der Waals surface area contributed by atoms with Gasteiger partial charge in [-0.2, -0.15) is 13.2 Å². The Labute approximate surface area is 161 Å². The zero-order chi connectivity index (χ0) is 20.5. The van der Waals surface area contributed by atoms with Crippen LogP contribution in [-0.4, -0.2) is 18.4 Å². The highest BCUT2D eigenvalue weighted by Crippen LogP contribution is 2.33. The first-order chi connectivity index (χ1) is 13.2. The summed E-state index contributed by atoms with van der Waals surface area (Å²) < 4.78 is 37.9. The van der Waals surface area contributed by atoms with Gasteiger partial charge >= 0.3 is 6.18 Å². The number of aryl methyl sites for hydroxylation is 2. The minimum atomic E-state index is -4.43. The van der Waals surface area contributed by atoms with Gasteiger partial charge in [0.15, 0.2) is 0 Å². The highest BCUT2D eigenvalue weighted by molar-refractivity contribution is 6.04. The first kappa shape index (κ1) is 19.9. The second-order valence-electron chi connectivity index (χ2n) is 6.91. The predicted octanol–water partition coefficient (Wildman–Crippen LogP) is 4.57. The molecule has 1 fully saturated rings. The van der Waals surface area contributed by atoms with Crippen LogP contribution in [-0.2, 0) is 22.2 Å². The lowest BCUT2D eigenvalue weighted by Gasteiger charge is -2.22. The zero-order valence-corrected chi connectivity index (χ0v) is 15.6. The van der Waals surface area contributed by atoms with Gasteiger partial charge in [-0.1, -0.05) is 25.1 Å². The van der Waals surface area contributed by atoms with Crippen molar-refractivity contribution in [3.05, 3.63) is 59.2 Å². The molecule has 0 aromatic heterocycles. The molecular weight excluding hydrogens is 369 g/mol. The van der Waals surface area contributed by atoms with Crippen LogP contribution in [0.1, 0.15) is 30.0 Å². The van der Waals surface area contributed by atoms with Gasteiger partial charge in [0.25, 0.3) is 0 Å². The Morgan fingerprint density at radius 1 is 1.18 bits per heavy atom. The number of rotatable bonds is 4. The third-order valence-corrected chi connectivity index (χ3v) is 4.95.